The van der Waals surface area contributed by atoms with E-state index in [1.54, 1.807) is 7.11 Å². The number of hydrogen-bond donors (Lipinski definition) is 0. The summed E-state index contributed by atoms with van der Waals surface area (Å²) < 4.78 is 9.56. The third-order valence-corrected chi connectivity index (χ3v) is 2.30. The Kier molecular flexibility index (Phi) is 7.42. The number of esters is 1. The maximum absolute atomic E-state index is 11.0. The minimum atomic E-state index is -0.156. The van der Waals surface area contributed by atoms with Crippen molar-refractivity contribution in [3.63, 3.8) is 0 Å². The first-order valence-corrected chi connectivity index (χ1v) is 4.87. The van der Waals surface area contributed by atoms with Gasteiger partial charge in [0.2, 0.25) is 0 Å². The molecule has 0 N–H and O–H groups in total. The summed E-state index contributed by atoms with van der Waals surface area (Å²) in [6, 6.07) is 0.222. The largest absolute Gasteiger partial charge is 0.469 e. The molecule has 0 radical (unpaired) electrons. The summed E-state index contributed by atoms with van der Waals surface area (Å²) in [7, 11) is 5.11. The third kappa shape index (κ3) is 5.94. The molecule has 0 aliphatic heterocycles. The Morgan fingerprint density at radius 1 is 1.43 bits per heavy atom. The van der Waals surface area contributed by atoms with Crippen LogP contribution in [0.25, 0.3) is 0 Å². The minimum absolute atomic E-state index is 0.156. The molecule has 0 aliphatic rings. The molecule has 0 bridgehead atoms. The van der Waals surface area contributed by atoms with E-state index >= 15 is 0 Å². The van der Waals surface area contributed by atoms with Gasteiger partial charge in [0, 0.05) is 26.3 Å². The molecule has 4 heteroatoms. The van der Waals surface area contributed by atoms with Gasteiger partial charge in [0.05, 0.1) is 13.5 Å². The van der Waals surface area contributed by atoms with Crippen molar-refractivity contribution in [3.05, 3.63) is 0 Å². The maximum Gasteiger partial charge on any atom is 0.307 e. The molecule has 0 amide bonds. The van der Waals surface area contributed by atoms with Crippen LogP contribution in [0.15, 0.2) is 0 Å². The van der Waals surface area contributed by atoms with Crippen molar-refractivity contribution in [2.45, 2.75) is 25.8 Å². The van der Waals surface area contributed by atoms with E-state index in [0.717, 1.165) is 19.6 Å². The Morgan fingerprint density at radius 3 is 2.57 bits per heavy atom. The lowest BCUT2D eigenvalue weighted by atomic mass is 10.2. The zero-order valence-electron chi connectivity index (χ0n) is 9.58. The molecular formula is C10H21NO3. The van der Waals surface area contributed by atoms with Crippen molar-refractivity contribution in [1.29, 1.82) is 0 Å². The van der Waals surface area contributed by atoms with Crippen molar-refractivity contribution in [2.75, 3.05) is 34.4 Å². The Hall–Kier alpha value is -0.610. The maximum atomic E-state index is 11.0. The van der Waals surface area contributed by atoms with Crippen molar-refractivity contribution >= 4 is 5.97 Å². The predicted molar refractivity (Wildman–Crippen MR) is 55.2 cm³/mol. The molecule has 0 aromatic carbocycles. The van der Waals surface area contributed by atoms with Crippen LogP contribution in [0, 0.1) is 0 Å². The van der Waals surface area contributed by atoms with E-state index < -0.39 is 0 Å². The third-order valence-electron chi connectivity index (χ3n) is 2.30. The van der Waals surface area contributed by atoms with E-state index in [0.29, 0.717) is 6.42 Å². The average Bonchev–Trinajstić information content (AvgIpc) is 2.17. The molecule has 0 aromatic rings. The van der Waals surface area contributed by atoms with Crippen LogP contribution in [0.5, 0.6) is 0 Å². The van der Waals surface area contributed by atoms with Crippen LogP contribution >= 0.6 is 0 Å². The molecule has 0 spiro atoms. The number of nitrogens with zero attached hydrogens (tertiary/aromatic N) is 1. The van der Waals surface area contributed by atoms with Crippen molar-refractivity contribution in [2.24, 2.45) is 0 Å². The van der Waals surface area contributed by atoms with Gasteiger partial charge < -0.3 is 14.4 Å². The number of rotatable bonds is 7. The summed E-state index contributed by atoms with van der Waals surface area (Å²) in [6.45, 7) is 3.71. The fourth-order valence-corrected chi connectivity index (χ4v) is 1.16. The van der Waals surface area contributed by atoms with Crippen LogP contribution < -0.4 is 0 Å². The number of ether oxygens (including phenoxy) is 2. The second-order valence-corrected chi connectivity index (χ2v) is 3.46. The molecule has 0 rings (SSSR count). The summed E-state index contributed by atoms with van der Waals surface area (Å²) >= 11 is 0. The highest BCUT2D eigenvalue weighted by Gasteiger charge is 2.13. The van der Waals surface area contributed by atoms with E-state index in [4.69, 9.17) is 4.74 Å². The van der Waals surface area contributed by atoms with Gasteiger partial charge in [-0.15, -0.1) is 0 Å². The fraction of sp³-hybridized carbons (Fsp3) is 0.900. The highest BCUT2D eigenvalue weighted by molar-refractivity contribution is 5.69. The van der Waals surface area contributed by atoms with Crippen molar-refractivity contribution < 1.29 is 14.3 Å². The molecule has 0 aromatic heterocycles. The fourth-order valence-electron chi connectivity index (χ4n) is 1.16. The number of carbonyl (C=O) groups is 1. The summed E-state index contributed by atoms with van der Waals surface area (Å²) in [5, 5.41) is 0. The monoisotopic (exact) mass is 203 g/mol. The van der Waals surface area contributed by atoms with Gasteiger partial charge in [0.1, 0.15) is 0 Å². The summed E-state index contributed by atoms with van der Waals surface area (Å²) in [5.74, 6) is -0.156. The van der Waals surface area contributed by atoms with E-state index in [2.05, 4.69) is 9.64 Å². The SMILES string of the molecule is COCCCN(C)C(C)CC(=O)OC. The quantitative estimate of drug-likeness (QED) is 0.455. The molecule has 4 nitrogen and oxygen atoms in total. The van der Waals surface area contributed by atoms with Crippen molar-refractivity contribution in [1.82, 2.24) is 4.90 Å². The molecule has 1 unspecified atom stereocenters. The van der Waals surface area contributed by atoms with Gasteiger partial charge in [-0.1, -0.05) is 0 Å². The first-order chi connectivity index (χ1) is 6.61. The van der Waals surface area contributed by atoms with E-state index in [1.807, 2.05) is 14.0 Å². The van der Waals surface area contributed by atoms with Gasteiger partial charge >= 0.3 is 5.97 Å². The van der Waals surface area contributed by atoms with Gasteiger partial charge in [0.25, 0.3) is 0 Å². The minimum Gasteiger partial charge on any atom is -0.469 e. The standard InChI is InChI=1S/C10H21NO3/c1-9(8-10(12)14-4)11(2)6-5-7-13-3/h9H,5-8H2,1-4H3. The average molecular weight is 203 g/mol. The highest BCUT2D eigenvalue weighted by atomic mass is 16.5. The van der Waals surface area contributed by atoms with Crippen LogP contribution in [0.1, 0.15) is 19.8 Å². The smallest absolute Gasteiger partial charge is 0.307 e. The zero-order valence-corrected chi connectivity index (χ0v) is 9.58. The topological polar surface area (TPSA) is 38.8 Å². The van der Waals surface area contributed by atoms with Gasteiger partial charge in [-0.2, -0.15) is 0 Å². The van der Waals surface area contributed by atoms with Crippen LogP contribution in [-0.4, -0.2) is 51.3 Å². The zero-order chi connectivity index (χ0) is 11.0. The normalized spacial score (nSPS) is 12.9. The molecule has 0 heterocycles. The lowest BCUT2D eigenvalue weighted by molar-refractivity contribution is -0.141. The van der Waals surface area contributed by atoms with Crippen LogP contribution in [0.3, 0.4) is 0 Å². The number of hydrogen-bond acceptors (Lipinski definition) is 4. The second-order valence-electron chi connectivity index (χ2n) is 3.46. The molecule has 0 fully saturated rings. The molecule has 1 atom stereocenters. The molecule has 14 heavy (non-hydrogen) atoms. The summed E-state index contributed by atoms with van der Waals surface area (Å²) in [6.07, 6.45) is 1.43. The van der Waals surface area contributed by atoms with Crippen LogP contribution in [0.2, 0.25) is 0 Å². The van der Waals surface area contributed by atoms with E-state index in [-0.39, 0.29) is 12.0 Å². The Bertz CT molecular complexity index is 161. The van der Waals surface area contributed by atoms with E-state index in [9.17, 15) is 4.79 Å². The molecular weight excluding hydrogens is 182 g/mol. The van der Waals surface area contributed by atoms with Gasteiger partial charge in [-0.05, 0) is 20.4 Å². The Labute approximate surface area is 86.2 Å². The predicted octanol–water partition coefficient (Wildman–Crippen LogP) is 0.906. The van der Waals surface area contributed by atoms with Crippen molar-refractivity contribution in [3.8, 4) is 0 Å². The number of methoxy groups -OCH3 is 2. The summed E-state index contributed by atoms with van der Waals surface area (Å²) in [4.78, 5) is 13.1. The van der Waals surface area contributed by atoms with Gasteiger partial charge in [-0.3, -0.25) is 4.79 Å². The summed E-state index contributed by atoms with van der Waals surface area (Å²) in [5.41, 5.74) is 0. The van der Waals surface area contributed by atoms with E-state index in [1.165, 1.54) is 7.11 Å². The first kappa shape index (κ1) is 13.4. The lowest BCUT2D eigenvalue weighted by Crippen LogP contribution is -2.32. The lowest BCUT2D eigenvalue weighted by Gasteiger charge is -2.23. The molecule has 0 aliphatic carbocycles. The molecule has 0 saturated carbocycles. The number of carbonyl (C=O) groups excluding carboxylic acids is 1. The Morgan fingerprint density at radius 2 is 2.07 bits per heavy atom. The Balaban J connectivity index is 3.64. The second kappa shape index (κ2) is 7.76. The first-order valence-electron chi connectivity index (χ1n) is 4.87. The van der Waals surface area contributed by atoms with Crippen LogP contribution in [0.4, 0.5) is 0 Å². The molecule has 0 saturated heterocycles. The van der Waals surface area contributed by atoms with Crippen LogP contribution in [-0.2, 0) is 14.3 Å². The highest BCUT2D eigenvalue weighted by Crippen LogP contribution is 2.02. The van der Waals surface area contributed by atoms with Gasteiger partial charge in [-0.25, -0.2) is 0 Å². The van der Waals surface area contributed by atoms with Gasteiger partial charge in [0.15, 0.2) is 0 Å². The molecule has 84 valence electrons.